The molecule has 2 rings (SSSR count). The van der Waals surface area contributed by atoms with Crippen LogP contribution in [0.5, 0.6) is 0 Å². The van der Waals surface area contributed by atoms with Gasteiger partial charge in [0.25, 0.3) is 0 Å². The van der Waals surface area contributed by atoms with E-state index in [0.29, 0.717) is 13.0 Å². The maximum Gasteiger partial charge on any atom is 0.224 e. The molecule has 0 spiro atoms. The van der Waals surface area contributed by atoms with Crippen LogP contribution < -0.4 is 0 Å². The number of nitrogens with zero attached hydrogens (tertiary/aromatic N) is 3. The van der Waals surface area contributed by atoms with E-state index in [1.807, 2.05) is 15.8 Å². The minimum atomic E-state index is 0.262. The molecule has 0 saturated carbocycles. The third-order valence-corrected chi connectivity index (χ3v) is 3.17. The van der Waals surface area contributed by atoms with Crippen molar-refractivity contribution < 1.29 is 4.79 Å². The third-order valence-electron chi connectivity index (χ3n) is 2.62. The Morgan fingerprint density at radius 1 is 1.47 bits per heavy atom. The summed E-state index contributed by atoms with van der Waals surface area (Å²) in [5, 5.41) is 4.15. The second-order valence-corrected chi connectivity index (χ2v) is 5.01. The van der Waals surface area contributed by atoms with Gasteiger partial charge in [0.05, 0.1) is 9.77 Å². The van der Waals surface area contributed by atoms with E-state index in [1.165, 1.54) is 0 Å². The highest BCUT2D eigenvalue weighted by Gasteiger charge is 2.17. The minimum Gasteiger partial charge on any atom is -0.343 e. The van der Waals surface area contributed by atoms with Gasteiger partial charge in [-0.05, 0) is 35.4 Å². The monoisotopic (exact) mass is 319 g/mol. The van der Waals surface area contributed by atoms with Crippen LogP contribution in [0.25, 0.3) is 0 Å². The highest BCUT2D eigenvalue weighted by Crippen LogP contribution is 2.09. The van der Waals surface area contributed by atoms with Gasteiger partial charge in [0.2, 0.25) is 5.91 Å². The van der Waals surface area contributed by atoms with Crippen LogP contribution in [0.15, 0.2) is 12.4 Å². The van der Waals surface area contributed by atoms with Crippen LogP contribution in [0.1, 0.15) is 19.3 Å². The Morgan fingerprint density at radius 3 is 2.80 bits per heavy atom. The maximum atomic E-state index is 11.7. The lowest BCUT2D eigenvalue weighted by Gasteiger charge is -2.14. The van der Waals surface area contributed by atoms with Gasteiger partial charge in [0.1, 0.15) is 0 Å². The molecule has 1 amide bonds. The van der Waals surface area contributed by atoms with Crippen LogP contribution in [-0.2, 0) is 11.3 Å². The van der Waals surface area contributed by atoms with Crippen molar-refractivity contribution in [3.63, 3.8) is 0 Å². The molecule has 1 aromatic rings. The second-order valence-electron chi connectivity index (χ2n) is 3.76. The number of hydrogen-bond acceptors (Lipinski definition) is 2. The van der Waals surface area contributed by atoms with E-state index in [2.05, 4.69) is 27.7 Å². The Bertz CT molecular complexity index is 344. The number of halogens is 1. The van der Waals surface area contributed by atoms with E-state index in [4.69, 9.17) is 0 Å². The lowest BCUT2D eigenvalue weighted by molar-refractivity contribution is -0.130. The zero-order valence-electron chi connectivity index (χ0n) is 8.53. The largest absolute Gasteiger partial charge is 0.343 e. The summed E-state index contributed by atoms with van der Waals surface area (Å²) < 4.78 is 2.94. The quantitative estimate of drug-likeness (QED) is 0.792. The van der Waals surface area contributed by atoms with Gasteiger partial charge < -0.3 is 4.90 Å². The molecule has 1 aliphatic rings. The summed E-state index contributed by atoms with van der Waals surface area (Å²) in [7, 11) is 0. The highest BCUT2D eigenvalue weighted by molar-refractivity contribution is 14.1. The zero-order chi connectivity index (χ0) is 10.7. The highest BCUT2D eigenvalue weighted by atomic mass is 127. The van der Waals surface area contributed by atoms with Crippen LogP contribution in [0.3, 0.4) is 0 Å². The fourth-order valence-electron chi connectivity index (χ4n) is 1.80. The number of carbonyl (C=O) groups is 1. The number of amides is 1. The van der Waals surface area contributed by atoms with Crippen molar-refractivity contribution >= 4 is 28.5 Å². The van der Waals surface area contributed by atoms with Crippen molar-refractivity contribution in [2.75, 3.05) is 13.1 Å². The average Bonchev–Trinajstić information content (AvgIpc) is 2.84. The van der Waals surface area contributed by atoms with Crippen molar-refractivity contribution in [3.8, 4) is 0 Å². The van der Waals surface area contributed by atoms with E-state index in [1.54, 1.807) is 6.20 Å². The molecule has 5 heteroatoms. The van der Waals surface area contributed by atoms with E-state index in [0.717, 1.165) is 29.5 Å². The summed E-state index contributed by atoms with van der Waals surface area (Å²) in [4.78, 5) is 13.7. The molecular weight excluding hydrogens is 305 g/mol. The van der Waals surface area contributed by atoms with Crippen LogP contribution >= 0.6 is 22.6 Å². The Balaban J connectivity index is 1.80. The standard InChI is InChI=1S/C10H14IN3O/c11-9-7-12-14(8-9)6-3-10(15)13-4-1-2-5-13/h7-8H,1-6H2. The lowest BCUT2D eigenvalue weighted by Crippen LogP contribution is -2.28. The number of rotatable bonds is 3. The molecule has 0 radical (unpaired) electrons. The summed E-state index contributed by atoms with van der Waals surface area (Å²) in [6.07, 6.45) is 6.65. The molecule has 4 nitrogen and oxygen atoms in total. The van der Waals surface area contributed by atoms with E-state index >= 15 is 0 Å². The van der Waals surface area contributed by atoms with Crippen molar-refractivity contribution in [2.24, 2.45) is 0 Å². The van der Waals surface area contributed by atoms with E-state index < -0.39 is 0 Å². The summed E-state index contributed by atoms with van der Waals surface area (Å²) in [5.41, 5.74) is 0. The first-order valence-corrected chi connectivity index (χ1v) is 6.29. The summed E-state index contributed by atoms with van der Waals surface area (Å²) in [6.45, 7) is 2.57. The molecular formula is C10H14IN3O. The molecule has 1 saturated heterocycles. The Labute approximate surface area is 103 Å². The predicted octanol–water partition coefficient (Wildman–Crippen LogP) is 1.50. The molecule has 0 unspecified atom stereocenters. The third kappa shape index (κ3) is 2.93. The first-order chi connectivity index (χ1) is 7.25. The molecule has 1 aliphatic heterocycles. The van der Waals surface area contributed by atoms with Crippen molar-refractivity contribution in [1.29, 1.82) is 0 Å². The number of hydrogen-bond donors (Lipinski definition) is 0. The Kier molecular flexibility index (Phi) is 3.61. The van der Waals surface area contributed by atoms with Gasteiger partial charge >= 0.3 is 0 Å². The summed E-state index contributed by atoms with van der Waals surface area (Å²) >= 11 is 2.22. The summed E-state index contributed by atoms with van der Waals surface area (Å²) in [5.74, 6) is 0.262. The molecule has 1 aromatic heterocycles. The molecule has 15 heavy (non-hydrogen) atoms. The normalized spacial score (nSPS) is 15.9. The number of likely N-dealkylation sites (tertiary alicyclic amines) is 1. The lowest BCUT2D eigenvalue weighted by atomic mass is 10.3. The maximum absolute atomic E-state index is 11.7. The van der Waals surface area contributed by atoms with Gasteiger partial charge in [-0.3, -0.25) is 9.48 Å². The van der Waals surface area contributed by atoms with Gasteiger partial charge in [0, 0.05) is 32.3 Å². The van der Waals surface area contributed by atoms with Gasteiger partial charge in [0.15, 0.2) is 0 Å². The van der Waals surface area contributed by atoms with Crippen molar-refractivity contribution in [3.05, 3.63) is 16.0 Å². The molecule has 0 aliphatic carbocycles. The molecule has 0 N–H and O–H groups in total. The first-order valence-electron chi connectivity index (χ1n) is 5.21. The van der Waals surface area contributed by atoms with Crippen LogP contribution in [0.4, 0.5) is 0 Å². The van der Waals surface area contributed by atoms with Gasteiger partial charge in [-0.1, -0.05) is 0 Å². The van der Waals surface area contributed by atoms with Crippen molar-refractivity contribution in [1.82, 2.24) is 14.7 Å². The van der Waals surface area contributed by atoms with Crippen LogP contribution in [-0.4, -0.2) is 33.7 Å². The predicted molar refractivity (Wildman–Crippen MR) is 65.4 cm³/mol. The Hall–Kier alpha value is -0.590. The van der Waals surface area contributed by atoms with Crippen LogP contribution in [0.2, 0.25) is 0 Å². The van der Waals surface area contributed by atoms with Gasteiger partial charge in [-0.15, -0.1) is 0 Å². The summed E-state index contributed by atoms with van der Waals surface area (Å²) in [6, 6.07) is 0. The number of carbonyl (C=O) groups excluding carboxylic acids is 1. The zero-order valence-corrected chi connectivity index (χ0v) is 10.7. The fourth-order valence-corrected chi connectivity index (χ4v) is 2.24. The molecule has 1 fully saturated rings. The fraction of sp³-hybridized carbons (Fsp3) is 0.600. The SMILES string of the molecule is O=C(CCn1cc(I)cn1)N1CCCC1. The van der Waals surface area contributed by atoms with E-state index in [9.17, 15) is 4.79 Å². The second kappa shape index (κ2) is 4.96. The number of aromatic nitrogens is 2. The minimum absolute atomic E-state index is 0.262. The van der Waals surface area contributed by atoms with Crippen molar-refractivity contribution in [2.45, 2.75) is 25.8 Å². The molecule has 82 valence electrons. The van der Waals surface area contributed by atoms with Crippen LogP contribution in [0, 0.1) is 3.57 Å². The first kappa shape index (κ1) is 10.9. The van der Waals surface area contributed by atoms with Gasteiger partial charge in [-0.2, -0.15) is 5.10 Å². The number of aryl methyl sites for hydroxylation is 1. The topological polar surface area (TPSA) is 38.1 Å². The molecule has 0 aromatic carbocycles. The molecule has 0 bridgehead atoms. The smallest absolute Gasteiger partial charge is 0.224 e. The molecule has 2 heterocycles. The van der Waals surface area contributed by atoms with Gasteiger partial charge in [-0.25, -0.2) is 0 Å². The Morgan fingerprint density at radius 2 is 2.20 bits per heavy atom. The average molecular weight is 319 g/mol. The molecule has 0 atom stereocenters. The van der Waals surface area contributed by atoms with E-state index in [-0.39, 0.29) is 5.91 Å².